The molecule has 2 nitrogen and oxygen atoms in total. The number of rotatable bonds is 3. The van der Waals surface area contributed by atoms with Crippen LogP contribution in [0, 0.1) is 5.92 Å². The van der Waals surface area contributed by atoms with Crippen molar-refractivity contribution in [3.8, 4) is 0 Å². The lowest BCUT2D eigenvalue weighted by molar-refractivity contribution is 0.311. The fourth-order valence-corrected chi connectivity index (χ4v) is 3.41. The smallest absolute Gasteiger partial charge is 0.0702 e. The first-order valence-corrected chi connectivity index (χ1v) is 7.30. The van der Waals surface area contributed by atoms with Crippen molar-refractivity contribution >= 4 is 10.9 Å². The van der Waals surface area contributed by atoms with E-state index in [-0.39, 0.29) is 5.54 Å². The molecule has 3 rings (SSSR count). The highest BCUT2D eigenvalue weighted by Gasteiger charge is 2.35. The van der Waals surface area contributed by atoms with E-state index in [1.807, 2.05) is 12.3 Å². The lowest BCUT2D eigenvalue weighted by Gasteiger charge is -2.32. The van der Waals surface area contributed by atoms with E-state index >= 15 is 0 Å². The lowest BCUT2D eigenvalue weighted by Crippen LogP contribution is -2.38. The van der Waals surface area contributed by atoms with Crippen molar-refractivity contribution < 1.29 is 0 Å². The molecule has 1 atom stereocenters. The third-order valence-corrected chi connectivity index (χ3v) is 4.16. The van der Waals surface area contributed by atoms with Crippen LogP contribution in [0.25, 0.3) is 10.9 Å². The monoisotopic (exact) mass is 254 g/mol. The first-order valence-electron chi connectivity index (χ1n) is 7.30. The second-order valence-corrected chi connectivity index (χ2v) is 6.12. The van der Waals surface area contributed by atoms with Gasteiger partial charge in [0.2, 0.25) is 0 Å². The first kappa shape index (κ1) is 12.6. The maximum absolute atomic E-state index is 4.41. The molecule has 0 aliphatic carbocycles. The van der Waals surface area contributed by atoms with Gasteiger partial charge in [0.1, 0.15) is 0 Å². The zero-order valence-electron chi connectivity index (χ0n) is 11.8. The Kier molecular flexibility index (Phi) is 3.28. The van der Waals surface area contributed by atoms with E-state index in [1.165, 1.54) is 30.2 Å². The van der Waals surface area contributed by atoms with Crippen molar-refractivity contribution in [2.24, 2.45) is 5.92 Å². The summed E-state index contributed by atoms with van der Waals surface area (Å²) in [7, 11) is 0. The number of nitrogens with one attached hydrogen (secondary N) is 1. The van der Waals surface area contributed by atoms with E-state index in [1.54, 1.807) is 0 Å². The Morgan fingerprint density at radius 1 is 1.32 bits per heavy atom. The molecule has 19 heavy (non-hydrogen) atoms. The van der Waals surface area contributed by atoms with Gasteiger partial charge in [0.05, 0.1) is 5.52 Å². The molecule has 100 valence electrons. The van der Waals surface area contributed by atoms with Gasteiger partial charge >= 0.3 is 0 Å². The van der Waals surface area contributed by atoms with Gasteiger partial charge in [-0.05, 0) is 55.5 Å². The molecule has 1 fully saturated rings. The molecule has 2 heteroatoms. The van der Waals surface area contributed by atoms with E-state index in [2.05, 4.69) is 48.4 Å². The van der Waals surface area contributed by atoms with Crippen molar-refractivity contribution in [2.75, 3.05) is 6.54 Å². The maximum atomic E-state index is 4.41. The molecule has 1 unspecified atom stereocenters. The van der Waals surface area contributed by atoms with Crippen LogP contribution < -0.4 is 5.32 Å². The molecule has 1 N–H and O–H groups in total. The largest absolute Gasteiger partial charge is 0.307 e. The molecule has 0 spiro atoms. The lowest BCUT2D eigenvalue weighted by atomic mass is 9.81. The molecule has 1 aliphatic heterocycles. The van der Waals surface area contributed by atoms with E-state index in [0.717, 1.165) is 12.1 Å². The van der Waals surface area contributed by atoms with Crippen LogP contribution in [0.5, 0.6) is 0 Å². The summed E-state index contributed by atoms with van der Waals surface area (Å²) in [4.78, 5) is 4.41. The average molecular weight is 254 g/mol. The minimum Gasteiger partial charge on any atom is -0.307 e. The molecule has 2 aromatic rings. The number of pyridine rings is 1. The molecule has 0 amide bonds. The highest BCUT2D eigenvalue weighted by molar-refractivity contribution is 5.79. The Hall–Kier alpha value is -1.41. The number of nitrogens with zero attached hydrogens (tertiary/aromatic N) is 1. The fraction of sp³-hybridized carbons (Fsp3) is 0.471. The summed E-state index contributed by atoms with van der Waals surface area (Å²) in [6.07, 6.45) is 5.59. The highest BCUT2D eigenvalue weighted by Crippen LogP contribution is 2.37. The highest BCUT2D eigenvalue weighted by atomic mass is 15.0. The predicted molar refractivity (Wildman–Crippen MR) is 80.1 cm³/mol. The summed E-state index contributed by atoms with van der Waals surface area (Å²) >= 11 is 0. The number of fused-ring (bicyclic) bond motifs is 1. The normalized spacial score (nSPS) is 23.3. The summed E-state index contributed by atoms with van der Waals surface area (Å²) in [6, 6.07) is 10.9. The van der Waals surface area contributed by atoms with E-state index in [0.29, 0.717) is 5.92 Å². The van der Waals surface area contributed by atoms with Crippen LogP contribution in [-0.4, -0.2) is 11.5 Å². The number of hydrogen-bond acceptors (Lipinski definition) is 2. The molecule has 2 heterocycles. The Balaban J connectivity index is 2.05. The molecule has 1 aromatic carbocycles. The van der Waals surface area contributed by atoms with Gasteiger partial charge < -0.3 is 5.32 Å². The Labute approximate surface area is 115 Å². The molecule has 0 radical (unpaired) electrons. The predicted octanol–water partition coefficient (Wildman–Crippen LogP) is 3.86. The minimum absolute atomic E-state index is 0.179. The second-order valence-electron chi connectivity index (χ2n) is 6.12. The molecule has 0 saturated carbocycles. The van der Waals surface area contributed by atoms with Gasteiger partial charge in [0.25, 0.3) is 0 Å². The zero-order chi connectivity index (χ0) is 13.3. The van der Waals surface area contributed by atoms with Gasteiger partial charge in [0, 0.05) is 17.1 Å². The Morgan fingerprint density at radius 2 is 2.21 bits per heavy atom. The van der Waals surface area contributed by atoms with Crippen LogP contribution in [0.2, 0.25) is 0 Å². The summed E-state index contributed by atoms with van der Waals surface area (Å²) in [5.41, 5.74) is 2.70. The maximum Gasteiger partial charge on any atom is 0.0702 e. The van der Waals surface area contributed by atoms with Crippen LogP contribution in [0.4, 0.5) is 0 Å². The fourth-order valence-electron chi connectivity index (χ4n) is 3.41. The average Bonchev–Trinajstić information content (AvgIpc) is 2.87. The van der Waals surface area contributed by atoms with Crippen LogP contribution in [0.15, 0.2) is 36.5 Å². The molecular weight excluding hydrogens is 232 g/mol. The number of hydrogen-bond donors (Lipinski definition) is 1. The van der Waals surface area contributed by atoms with Crippen LogP contribution in [0.3, 0.4) is 0 Å². The molecular formula is C17H22N2. The van der Waals surface area contributed by atoms with Crippen molar-refractivity contribution in [1.82, 2.24) is 10.3 Å². The van der Waals surface area contributed by atoms with Crippen LogP contribution in [0.1, 0.15) is 38.7 Å². The van der Waals surface area contributed by atoms with Gasteiger partial charge in [-0.3, -0.25) is 4.98 Å². The van der Waals surface area contributed by atoms with E-state index in [9.17, 15) is 0 Å². The third-order valence-electron chi connectivity index (χ3n) is 4.16. The van der Waals surface area contributed by atoms with Crippen molar-refractivity contribution in [1.29, 1.82) is 0 Å². The SMILES string of the molecule is CC(C)CC1(c2ccc3ncccc3c2)CCCN1. The zero-order valence-corrected chi connectivity index (χ0v) is 11.8. The van der Waals surface area contributed by atoms with Gasteiger partial charge in [-0.15, -0.1) is 0 Å². The van der Waals surface area contributed by atoms with Crippen molar-refractivity contribution in [2.45, 2.75) is 38.6 Å². The third kappa shape index (κ3) is 2.37. The second kappa shape index (κ2) is 4.93. The Bertz CT molecular complexity index is 568. The van der Waals surface area contributed by atoms with Crippen LogP contribution >= 0.6 is 0 Å². The van der Waals surface area contributed by atoms with E-state index in [4.69, 9.17) is 0 Å². The van der Waals surface area contributed by atoms with Gasteiger partial charge in [-0.25, -0.2) is 0 Å². The summed E-state index contributed by atoms with van der Waals surface area (Å²) in [6.45, 7) is 5.76. The minimum atomic E-state index is 0.179. The first-order chi connectivity index (χ1) is 9.20. The number of aromatic nitrogens is 1. The van der Waals surface area contributed by atoms with E-state index < -0.39 is 0 Å². The van der Waals surface area contributed by atoms with Gasteiger partial charge in [0.15, 0.2) is 0 Å². The quantitative estimate of drug-likeness (QED) is 0.899. The summed E-state index contributed by atoms with van der Waals surface area (Å²) < 4.78 is 0. The summed E-state index contributed by atoms with van der Waals surface area (Å²) in [5, 5.41) is 5.01. The Morgan fingerprint density at radius 3 is 2.95 bits per heavy atom. The van der Waals surface area contributed by atoms with Crippen molar-refractivity contribution in [3.63, 3.8) is 0 Å². The molecule has 1 aromatic heterocycles. The molecule has 0 bridgehead atoms. The van der Waals surface area contributed by atoms with Gasteiger partial charge in [-0.1, -0.05) is 26.0 Å². The molecule has 1 aliphatic rings. The number of benzene rings is 1. The van der Waals surface area contributed by atoms with Crippen LogP contribution in [-0.2, 0) is 5.54 Å². The standard InChI is InChI=1S/C17H22N2/c1-13(2)12-17(8-4-10-19-17)15-6-7-16-14(11-15)5-3-9-18-16/h3,5-7,9,11,13,19H,4,8,10,12H2,1-2H3. The topological polar surface area (TPSA) is 24.9 Å². The van der Waals surface area contributed by atoms with Gasteiger partial charge in [-0.2, -0.15) is 0 Å². The van der Waals surface area contributed by atoms with Crippen molar-refractivity contribution in [3.05, 3.63) is 42.1 Å². The molecule has 1 saturated heterocycles. The summed E-state index contributed by atoms with van der Waals surface area (Å²) in [5.74, 6) is 0.704.